The molecule has 0 saturated carbocycles. The number of rotatable bonds is 3. The number of thiophene rings is 1. The number of sulfonamides is 1. The van der Waals surface area contributed by atoms with Crippen LogP contribution in [-0.2, 0) is 10.0 Å². The van der Waals surface area contributed by atoms with E-state index < -0.39 is 10.0 Å². The third-order valence-electron chi connectivity index (χ3n) is 4.28. The van der Waals surface area contributed by atoms with Gasteiger partial charge in [0.05, 0.1) is 10.4 Å². The fourth-order valence-electron chi connectivity index (χ4n) is 3.04. The molecule has 1 aromatic heterocycles. The van der Waals surface area contributed by atoms with E-state index in [9.17, 15) is 8.42 Å². The number of nitrogens with zero attached hydrogens (tertiary/aromatic N) is 1. The number of halogens is 1. The Morgan fingerprint density at radius 3 is 2.48 bits per heavy atom. The van der Waals surface area contributed by atoms with Crippen molar-refractivity contribution < 1.29 is 8.42 Å². The number of hydrogen-bond acceptors (Lipinski definition) is 3. The zero-order valence-electron chi connectivity index (χ0n) is 13.0. The van der Waals surface area contributed by atoms with Crippen molar-refractivity contribution in [2.75, 3.05) is 6.54 Å². The van der Waals surface area contributed by atoms with Gasteiger partial charge in [-0.25, -0.2) is 8.42 Å². The lowest BCUT2D eigenvalue weighted by Crippen LogP contribution is -2.34. The Morgan fingerprint density at radius 1 is 1.09 bits per heavy atom. The van der Waals surface area contributed by atoms with Crippen molar-refractivity contribution in [2.45, 2.75) is 42.9 Å². The summed E-state index contributed by atoms with van der Waals surface area (Å²) in [5.74, 6) is 0. The molecule has 1 fully saturated rings. The summed E-state index contributed by atoms with van der Waals surface area (Å²) in [7, 11) is -3.50. The van der Waals surface area contributed by atoms with Gasteiger partial charge in [-0.1, -0.05) is 54.3 Å². The summed E-state index contributed by atoms with van der Waals surface area (Å²) >= 11 is 7.07. The molecule has 0 N–H and O–H groups in total. The minimum Gasteiger partial charge on any atom is -0.206 e. The van der Waals surface area contributed by atoms with E-state index in [-0.39, 0.29) is 6.04 Å². The van der Waals surface area contributed by atoms with Crippen molar-refractivity contribution in [1.29, 1.82) is 0 Å². The van der Waals surface area contributed by atoms with Gasteiger partial charge in [0.15, 0.2) is 0 Å². The Morgan fingerprint density at radius 2 is 1.83 bits per heavy atom. The molecule has 1 saturated heterocycles. The molecule has 2 heterocycles. The van der Waals surface area contributed by atoms with Gasteiger partial charge in [-0.2, -0.15) is 4.31 Å². The van der Waals surface area contributed by atoms with Crippen molar-refractivity contribution in [1.82, 2.24) is 4.31 Å². The predicted octanol–water partition coefficient (Wildman–Crippen LogP) is 5.02. The van der Waals surface area contributed by atoms with Crippen molar-refractivity contribution in [3.05, 3.63) is 51.9 Å². The first-order valence-corrected chi connectivity index (χ1v) is 10.5. The largest absolute Gasteiger partial charge is 0.253 e. The molecule has 124 valence electrons. The van der Waals surface area contributed by atoms with E-state index in [1.807, 2.05) is 19.1 Å². The van der Waals surface area contributed by atoms with Gasteiger partial charge in [0, 0.05) is 6.54 Å². The van der Waals surface area contributed by atoms with Crippen LogP contribution in [0.1, 0.15) is 42.9 Å². The Hall–Kier alpha value is -0.880. The van der Waals surface area contributed by atoms with Gasteiger partial charge >= 0.3 is 0 Å². The first kappa shape index (κ1) is 17.0. The highest BCUT2D eigenvalue weighted by molar-refractivity contribution is 7.91. The van der Waals surface area contributed by atoms with Crippen LogP contribution in [0, 0.1) is 6.92 Å². The molecular weight excluding hydrogens is 350 g/mol. The number of aryl methyl sites for hydroxylation is 1. The van der Waals surface area contributed by atoms with E-state index in [1.165, 1.54) is 5.56 Å². The third kappa shape index (κ3) is 3.63. The van der Waals surface area contributed by atoms with Crippen LogP contribution in [0.2, 0.25) is 4.34 Å². The summed E-state index contributed by atoms with van der Waals surface area (Å²) in [6, 6.07) is 11.4. The lowest BCUT2D eigenvalue weighted by Gasteiger charge is -2.29. The molecule has 0 unspecified atom stereocenters. The lowest BCUT2D eigenvalue weighted by molar-refractivity contribution is 0.329. The van der Waals surface area contributed by atoms with Crippen LogP contribution < -0.4 is 0 Å². The summed E-state index contributed by atoms with van der Waals surface area (Å²) in [6.07, 6.45) is 3.89. The molecule has 2 aromatic rings. The summed E-state index contributed by atoms with van der Waals surface area (Å²) < 4.78 is 28.7. The molecule has 0 bridgehead atoms. The smallest absolute Gasteiger partial charge is 0.206 e. The Bertz CT molecular complexity index is 768. The maximum atomic E-state index is 13.1. The highest BCUT2D eigenvalue weighted by Gasteiger charge is 2.34. The average molecular weight is 370 g/mol. The van der Waals surface area contributed by atoms with Crippen LogP contribution in [0.25, 0.3) is 0 Å². The second kappa shape index (κ2) is 6.93. The average Bonchev–Trinajstić information content (AvgIpc) is 2.82. The molecule has 1 aromatic carbocycles. The van der Waals surface area contributed by atoms with Gasteiger partial charge < -0.3 is 0 Å². The summed E-state index contributed by atoms with van der Waals surface area (Å²) in [5, 5.41) is 0. The molecule has 0 aliphatic carbocycles. The summed E-state index contributed by atoms with van der Waals surface area (Å²) in [4.78, 5) is 0. The van der Waals surface area contributed by atoms with Crippen LogP contribution in [0.15, 0.2) is 40.6 Å². The monoisotopic (exact) mass is 369 g/mol. The first-order chi connectivity index (χ1) is 11.0. The van der Waals surface area contributed by atoms with Crippen LogP contribution in [0.5, 0.6) is 0 Å². The number of benzene rings is 1. The van der Waals surface area contributed by atoms with Crippen LogP contribution in [0.4, 0.5) is 0 Å². The summed E-state index contributed by atoms with van der Waals surface area (Å²) in [5.41, 5.74) is 2.26. The van der Waals surface area contributed by atoms with E-state index in [0.29, 0.717) is 15.1 Å². The fourth-order valence-corrected chi connectivity index (χ4v) is 6.34. The molecule has 6 heteroatoms. The second-order valence-corrected chi connectivity index (χ2v) is 9.78. The predicted molar refractivity (Wildman–Crippen MR) is 95.6 cm³/mol. The van der Waals surface area contributed by atoms with Gasteiger partial charge in [0.25, 0.3) is 10.0 Å². The van der Waals surface area contributed by atoms with Crippen molar-refractivity contribution in [3.63, 3.8) is 0 Å². The molecule has 1 aliphatic heterocycles. The molecule has 23 heavy (non-hydrogen) atoms. The van der Waals surface area contributed by atoms with Gasteiger partial charge in [0.2, 0.25) is 0 Å². The minimum absolute atomic E-state index is 0.0935. The maximum absolute atomic E-state index is 13.1. The van der Waals surface area contributed by atoms with Gasteiger partial charge in [0.1, 0.15) is 4.21 Å². The van der Waals surface area contributed by atoms with Gasteiger partial charge in [-0.15, -0.1) is 11.3 Å². The molecule has 0 amide bonds. The summed E-state index contributed by atoms with van der Waals surface area (Å²) in [6.45, 7) is 2.61. The third-order valence-corrected chi connectivity index (χ3v) is 7.88. The lowest BCUT2D eigenvalue weighted by atomic mass is 10.0. The molecule has 3 nitrogen and oxygen atoms in total. The molecule has 3 rings (SSSR count). The zero-order chi connectivity index (χ0) is 16.4. The van der Waals surface area contributed by atoms with E-state index in [0.717, 1.165) is 42.6 Å². The number of hydrogen-bond donors (Lipinski definition) is 0. The molecule has 0 radical (unpaired) electrons. The Kier molecular flexibility index (Phi) is 5.11. The van der Waals surface area contributed by atoms with Crippen LogP contribution >= 0.6 is 22.9 Å². The SMILES string of the molecule is Cc1ccc([C@@H]2CCCCCN2S(=O)(=O)c2ccc(Cl)s2)cc1. The van der Waals surface area contributed by atoms with E-state index in [4.69, 9.17) is 11.6 Å². The molecular formula is C17H20ClNO2S2. The Balaban J connectivity index is 2.00. The normalized spacial score (nSPS) is 20.3. The van der Waals surface area contributed by atoms with Crippen molar-refractivity contribution in [2.24, 2.45) is 0 Å². The molecule has 1 atom stereocenters. The van der Waals surface area contributed by atoms with E-state index >= 15 is 0 Å². The standard InChI is InChI=1S/C17H20ClNO2S2/c1-13-6-8-14(9-7-13)15-5-3-2-4-12-19(15)23(20,21)17-11-10-16(18)22-17/h6-11,15H,2-5,12H2,1H3/t15-/m0/s1. The second-order valence-electron chi connectivity index (χ2n) is 5.95. The van der Waals surface area contributed by atoms with E-state index in [2.05, 4.69) is 12.1 Å². The highest BCUT2D eigenvalue weighted by Crippen LogP contribution is 2.37. The van der Waals surface area contributed by atoms with Crippen LogP contribution in [0.3, 0.4) is 0 Å². The topological polar surface area (TPSA) is 37.4 Å². The quantitative estimate of drug-likeness (QED) is 0.762. The van der Waals surface area contributed by atoms with Crippen molar-refractivity contribution in [3.8, 4) is 0 Å². The molecule has 0 spiro atoms. The first-order valence-electron chi connectivity index (χ1n) is 7.82. The Labute approximate surface area is 147 Å². The highest BCUT2D eigenvalue weighted by atomic mass is 35.5. The minimum atomic E-state index is -3.50. The fraction of sp³-hybridized carbons (Fsp3) is 0.412. The molecule has 1 aliphatic rings. The van der Waals surface area contributed by atoms with E-state index in [1.54, 1.807) is 16.4 Å². The van der Waals surface area contributed by atoms with Gasteiger partial charge in [-0.3, -0.25) is 0 Å². The zero-order valence-corrected chi connectivity index (χ0v) is 15.4. The van der Waals surface area contributed by atoms with Gasteiger partial charge in [-0.05, 0) is 37.5 Å². The van der Waals surface area contributed by atoms with Crippen molar-refractivity contribution >= 4 is 33.0 Å². The maximum Gasteiger partial charge on any atom is 0.253 e. The van der Waals surface area contributed by atoms with Crippen LogP contribution in [-0.4, -0.2) is 19.3 Å².